The van der Waals surface area contributed by atoms with Gasteiger partial charge in [-0.05, 0) is 31.7 Å². The molecular formula is C8H13NO. The van der Waals surface area contributed by atoms with E-state index in [4.69, 9.17) is 0 Å². The second-order valence-corrected chi connectivity index (χ2v) is 3.40. The minimum absolute atomic E-state index is 0.229. The molecule has 2 heteroatoms. The summed E-state index contributed by atoms with van der Waals surface area (Å²) in [5.74, 6) is 1.29. The third kappa shape index (κ3) is 0.966. The first-order valence-corrected chi connectivity index (χ1v) is 4.12. The smallest absolute Gasteiger partial charge is 0.149 e. The van der Waals surface area contributed by atoms with E-state index < -0.39 is 0 Å². The van der Waals surface area contributed by atoms with Crippen LogP contribution in [0.3, 0.4) is 0 Å². The Morgan fingerprint density at radius 1 is 1.40 bits per heavy atom. The van der Waals surface area contributed by atoms with Crippen LogP contribution in [0.5, 0.6) is 0 Å². The van der Waals surface area contributed by atoms with Crippen LogP contribution in [0.15, 0.2) is 0 Å². The highest BCUT2D eigenvalue weighted by Crippen LogP contribution is 2.27. The lowest BCUT2D eigenvalue weighted by atomic mass is 9.80. The molecule has 2 atom stereocenters. The molecule has 1 saturated heterocycles. The third-order valence-electron chi connectivity index (χ3n) is 2.70. The lowest BCUT2D eigenvalue weighted by Crippen LogP contribution is -2.46. The molecule has 2 unspecified atom stereocenters. The molecular weight excluding hydrogens is 126 g/mol. The second-order valence-electron chi connectivity index (χ2n) is 3.40. The number of hydrogen-bond acceptors (Lipinski definition) is 2. The molecule has 1 heterocycles. The van der Waals surface area contributed by atoms with Crippen molar-refractivity contribution in [3.63, 3.8) is 0 Å². The van der Waals surface area contributed by atoms with Gasteiger partial charge in [-0.1, -0.05) is 0 Å². The molecule has 1 N–H and O–H groups in total. The van der Waals surface area contributed by atoms with Crippen molar-refractivity contribution in [1.29, 1.82) is 0 Å². The zero-order valence-electron chi connectivity index (χ0n) is 6.10. The molecule has 2 rings (SSSR count). The molecule has 1 aliphatic heterocycles. The van der Waals surface area contributed by atoms with Crippen LogP contribution in [-0.4, -0.2) is 18.4 Å². The molecule has 2 fully saturated rings. The molecule has 0 radical (unpaired) electrons. The molecule has 0 spiro atoms. The Kier molecular flexibility index (Phi) is 1.49. The summed E-state index contributed by atoms with van der Waals surface area (Å²) in [6.07, 6.45) is 4.36. The van der Waals surface area contributed by atoms with E-state index in [0.717, 1.165) is 31.7 Å². The maximum absolute atomic E-state index is 11.1. The van der Waals surface area contributed by atoms with Crippen LogP contribution in [-0.2, 0) is 4.79 Å². The van der Waals surface area contributed by atoms with Crippen molar-refractivity contribution in [2.75, 3.05) is 6.54 Å². The molecule has 2 nitrogen and oxygen atoms in total. The summed E-state index contributed by atoms with van der Waals surface area (Å²) in [4.78, 5) is 11.1. The highest BCUT2D eigenvalue weighted by atomic mass is 16.1. The number of piperidine rings is 1. The number of Topliss-reactive ketones (excluding diaryl/α,β-unsaturated/α-hetero) is 1. The zero-order valence-corrected chi connectivity index (χ0v) is 6.10. The van der Waals surface area contributed by atoms with E-state index in [1.165, 1.54) is 6.42 Å². The number of nitrogens with one attached hydrogen (secondary N) is 1. The summed E-state index contributed by atoms with van der Waals surface area (Å²) in [7, 11) is 0. The first-order chi connectivity index (χ1) is 4.86. The van der Waals surface area contributed by atoms with E-state index in [1.807, 2.05) is 0 Å². The van der Waals surface area contributed by atoms with Gasteiger partial charge < -0.3 is 5.32 Å². The molecule has 0 aromatic carbocycles. The van der Waals surface area contributed by atoms with E-state index in [-0.39, 0.29) is 6.04 Å². The average molecular weight is 139 g/mol. The van der Waals surface area contributed by atoms with E-state index in [0.29, 0.717) is 5.78 Å². The minimum atomic E-state index is 0.229. The predicted molar refractivity (Wildman–Crippen MR) is 38.8 cm³/mol. The highest BCUT2D eigenvalue weighted by Gasteiger charge is 2.31. The molecule has 2 aliphatic rings. The topological polar surface area (TPSA) is 29.1 Å². The van der Waals surface area contributed by atoms with Gasteiger partial charge in [-0.2, -0.15) is 0 Å². The zero-order chi connectivity index (χ0) is 6.97. The fourth-order valence-corrected chi connectivity index (χ4v) is 2.02. The third-order valence-corrected chi connectivity index (χ3v) is 2.70. The molecule has 0 aromatic heterocycles. The van der Waals surface area contributed by atoms with Gasteiger partial charge in [0.2, 0.25) is 0 Å². The number of ketones is 1. The fourth-order valence-electron chi connectivity index (χ4n) is 2.02. The second kappa shape index (κ2) is 2.35. The maximum atomic E-state index is 11.1. The Balaban J connectivity index is 2.07. The van der Waals surface area contributed by atoms with Gasteiger partial charge in [0.15, 0.2) is 0 Å². The Bertz CT molecular complexity index is 155. The van der Waals surface area contributed by atoms with Crippen LogP contribution in [0.25, 0.3) is 0 Å². The van der Waals surface area contributed by atoms with E-state index in [1.54, 1.807) is 0 Å². The summed E-state index contributed by atoms with van der Waals surface area (Å²) in [6.45, 7) is 1.06. The summed E-state index contributed by atoms with van der Waals surface area (Å²) < 4.78 is 0. The van der Waals surface area contributed by atoms with Crippen molar-refractivity contribution in [2.45, 2.75) is 31.7 Å². The van der Waals surface area contributed by atoms with Crippen LogP contribution < -0.4 is 5.32 Å². The van der Waals surface area contributed by atoms with E-state index >= 15 is 0 Å². The van der Waals surface area contributed by atoms with Crippen LogP contribution >= 0.6 is 0 Å². The number of fused-ring (bicyclic) bond motifs is 2. The minimum Gasteiger partial charge on any atom is -0.307 e. The molecule has 0 amide bonds. The summed E-state index contributed by atoms with van der Waals surface area (Å²) in [5.41, 5.74) is 0. The van der Waals surface area contributed by atoms with E-state index in [2.05, 4.69) is 5.32 Å². The van der Waals surface area contributed by atoms with Gasteiger partial charge in [0, 0.05) is 6.42 Å². The number of hydrogen-bond donors (Lipinski definition) is 1. The summed E-state index contributed by atoms with van der Waals surface area (Å²) >= 11 is 0. The fraction of sp³-hybridized carbons (Fsp3) is 0.875. The standard InChI is InChI=1S/C8H13NO/c10-8-2-1-6-3-4-9-7(8)5-6/h6-7,9H,1-5H2. The SMILES string of the molecule is O=C1CCC2CCNC1C2. The summed E-state index contributed by atoms with van der Waals surface area (Å²) in [6, 6.07) is 0.229. The molecule has 56 valence electrons. The normalized spacial score (nSPS) is 39.8. The molecule has 0 aromatic rings. The van der Waals surface area contributed by atoms with Crippen LogP contribution in [0.4, 0.5) is 0 Å². The molecule has 1 aliphatic carbocycles. The molecule has 2 bridgehead atoms. The average Bonchev–Trinajstić information content (AvgIpc) is 1.99. The number of rotatable bonds is 0. The number of carbonyl (C=O) groups is 1. The van der Waals surface area contributed by atoms with Crippen LogP contribution in [0.2, 0.25) is 0 Å². The van der Waals surface area contributed by atoms with Gasteiger partial charge in [-0.3, -0.25) is 4.79 Å². The summed E-state index contributed by atoms with van der Waals surface area (Å²) in [5, 5.41) is 3.25. The monoisotopic (exact) mass is 139 g/mol. The first-order valence-electron chi connectivity index (χ1n) is 4.12. The Morgan fingerprint density at radius 3 is 3.10 bits per heavy atom. The first kappa shape index (κ1) is 6.35. The Labute approximate surface area is 61.0 Å². The van der Waals surface area contributed by atoms with Crippen molar-refractivity contribution < 1.29 is 4.79 Å². The van der Waals surface area contributed by atoms with Crippen molar-refractivity contribution in [3.8, 4) is 0 Å². The largest absolute Gasteiger partial charge is 0.307 e. The molecule has 1 saturated carbocycles. The molecule has 10 heavy (non-hydrogen) atoms. The van der Waals surface area contributed by atoms with Gasteiger partial charge in [0.05, 0.1) is 6.04 Å². The highest BCUT2D eigenvalue weighted by molar-refractivity contribution is 5.84. The van der Waals surface area contributed by atoms with Crippen molar-refractivity contribution in [3.05, 3.63) is 0 Å². The lowest BCUT2D eigenvalue weighted by Gasteiger charge is -2.33. The Hall–Kier alpha value is -0.370. The quantitative estimate of drug-likeness (QED) is 0.535. The van der Waals surface area contributed by atoms with Crippen molar-refractivity contribution in [1.82, 2.24) is 5.32 Å². The van der Waals surface area contributed by atoms with E-state index in [9.17, 15) is 4.79 Å². The number of carbonyl (C=O) groups excluding carboxylic acids is 1. The maximum Gasteiger partial charge on any atom is 0.149 e. The van der Waals surface area contributed by atoms with Gasteiger partial charge in [0.1, 0.15) is 5.78 Å². The van der Waals surface area contributed by atoms with Gasteiger partial charge in [-0.25, -0.2) is 0 Å². The van der Waals surface area contributed by atoms with Gasteiger partial charge >= 0.3 is 0 Å². The van der Waals surface area contributed by atoms with Gasteiger partial charge in [-0.15, -0.1) is 0 Å². The van der Waals surface area contributed by atoms with Crippen molar-refractivity contribution >= 4 is 5.78 Å². The lowest BCUT2D eigenvalue weighted by molar-refractivity contribution is -0.124. The Morgan fingerprint density at radius 2 is 2.30 bits per heavy atom. The van der Waals surface area contributed by atoms with Crippen LogP contribution in [0.1, 0.15) is 25.7 Å². The van der Waals surface area contributed by atoms with Crippen LogP contribution in [0, 0.1) is 5.92 Å². The predicted octanol–water partition coefficient (Wildman–Crippen LogP) is 0.718. The van der Waals surface area contributed by atoms with Gasteiger partial charge in [0.25, 0.3) is 0 Å². The van der Waals surface area contributed by atoms with Crippen molar-refractivity contribution in [2.24, 2.45) is 5.92 Å².